The van der Waals surface area contributed by atoms with Crippen molar-refractivity contribution in [1.29, 1.82) is 0 Å². The standard InChI is InChI=1S/C14H21ClN2O3/c1-11(3-2-9-18)17-14(19)16-8-10-20-13-6-4-12(15)5-7-13/h4-7,11,18H,2-3,8-10H2,1H3,(H2,16,17,19). The fourth-order valence-electron chi connectivity index (χ4n) is 1.61. The number of nitrogens with one attached hydrogen (secondary N) is 2. The lowest BCUT2D eigenvalue weighted by Gasteiger charge is -2.14. The van der Waals surface area contributed by atoms with Crippen LogP contribution in [0.3, 0.4) is 0 Å². The molecule has 0 aliphatic rings. The zero-order chi connectivity index (χ0) is 14.8. The molecule has 0 aliphatic carbocycles. The molecule has 1 aromatic rings. The molecule has 0 heterocycles. The summed E-state index contributed by atoms with van der Waals surface area (Å²) in [6, 6.07) is 6.87. The maximum absolute atomic E-state index is 11.5. The van der Waals surface area contributed by atoms with Crippen LogP contribution in [0.25, 0.3) is 0 Å². The molecule has 1 unspecified atom stereocenters. The van der Waals surface area contributed by atoms with Gasteiger partial charge in [0.1, 0.15) is 12.4 Å². The van der Waals surface area contributed by atoms with Gasteiger partial charge in [0.25, 0.3) is 0 Å². The van der Waals surface area contributed by atoms with Crippen molar-refractivity contribution in [3.63, 3.8) is 0 Å². The van der Waals surface area contributed by atoms with Crippen molar-refractivity contribution in [2.45, 2.75) is 25.8 Å². The molecule has 0 aliphatic heterocycles. The largest absolute Gasteiger partial charge is 0.492 e. The van der Waals surface area contributed by atoms with E-state index in [1.807, 2.05) is 6.92 Å². The Morgan fingerprint density at radius 3 is 2.75 bits per heavy atom. The van der Waals surface area contributed by atoms with Gasteiger partial charge >= 0.3 is 6.03 Å². The van der Waals surface area contributed by atoms with Crippen LogP contribution in [0.4, 0.5) is 4.79 Å². The summed E-state index contributed by atoms with van der Waals surface area (Å²) in [5.41, 5.74) is 0. The van der Waals surface area contributed by atoms with E-state index in [1.165, 1.54) is 0 Å². The van der Waals surface area contributed by atoms with Gasteiger partial charge in [0, 0.05) is 17.7 Å². The van der Waals surface area contributed by atoms with Crippen molar-refractivity contribution in [3.05, 3.63) is 29.3 Å². The van der Waals surface area contributed by atoms with Crippen LogP contribution < -0.4 is 15.4 Å². The molecular formula is C14H21ClN2O3. The third-order valence-corrected chi connectivity index (χ3v) is 2.89. The van der Waals surface area contributed by atoms with Gasteiger partial charge in [0.15, 0.2) is 0 Å². The molecule has 0 spiro atoms. The summed E-state index contributed by atoms with van der Waals surface area (Å²) >= 11 is 5.76. The minimum atomic E-state index is -0.227. The molecule has 1 rings (SSSR count). The topological polar surface area (TPSA) is 70.6 Å². The summed E-state index contributed by atoms with van der Waals surface area (Å²) in [5.74, 6) is 0.716. The second-order valence-corrected chi connectivity index (χ2v) is 4.91. The van der Waals surface area contributed by atoms with Gasteiger partial charge in [0.05, 0.1) is 6.54 Å². The van der Waals surface area contributed by atoms with Crippen molar-refractivity contribution in [3.8, 4) is 5.75 Å². The summed E-state index contributed by atoms with van der Waals surface area (Å²) in [6.45, 7) is 2.85. The highest BCUT2D eigenvalue weighted by molar-refractivity contribution is 6.30. The SMILES string of the molecule is CC(CCCO)NC(=O)NCCOc1ccc(Cl)cc1. The number of carbonyl (C=O) groups excluding carboxylic acids is 1. The van der Waals surface area contributed by atoms with Gasteiger partial charge in [0.2, 0.25) is 0 Å². The molecule has 112 valence electrons. The fraction of sp³-hybridized carbons (Fsp3) is 0.500. The Morgan fingerprint density at radius 1 is 1.40 bits per heavy atom. The van der Waals surface area contributed by atoms with Gasteiger partial charge in [-0.3, -0.25) is 0 Å². The number of aliphatic hydroxyl groups is 1. The zero-order valence-corrected chi connectivity index (χ0v) is 12.3. The Hall–Kier alpha value is -1.46. The van der Waals surface area contributed by atoms with E-state index in [9.17, 15) is 4.79 Å². The first-order valence-electron chi connectivity index (χ1n) is 6.65. The monoisotopic (exact) mass is 300 g/mol. The normalized spacial score (nSPS) is 11.8. The molecular weight excluding hydrogens is 280 g/mol. The predicted octanol–water partition coefficient (Wildman–Crippen LogP) is 2.18. The maximum Gasteiger partial charge on any atom is 0.315 e. The van der Waals surface area contributed by atoms with Crippen LogP contribution in [-0.4, -0.2) is 36.9 Å². The second-order valence-electron chi connectivity index (χ2n) is 4.47. The van der Waals surface area contributed by atoms with E-state index >= 15 is 0 Å². The third-order valence-electron chi connectivity index (χ3n) is 2.64. The number of aliphatic hydroxyl groups excluding tert-OH is 1. The number of benzene rings is 1. The van der Waals surface area contributed by atoms with Crippen LogP contribution in [0.15, 0.2) is 24.3 Å². The van der Waals surface area contributed by atoms with Crippen molar-refractivity contribution >= 4 is 17.6 Å². The van der Waals surface area contributed by atoms with Crippen LogP contribution in [-0.2, 0) is 0 Å². The first-order valence-corrected chi connectivity index (χ1v) is 7.03. The number of urea groups is 1. The van der Waals surface area contributed by atoms with Crippen LogP contribution in [0.2, 0.25) is 5.02 Å². The minimum absolute atomic E-state index is 0.0410. The van der Waals surface area contributed by atoms with E-state index in [-0.39, 0.29) is 18.7 Å². The second kappa shape index (κ2) is 9.44. The van der Waals surface area contributed by atoms with Crippen molar-refractivity contribution < 1.29 is 14.6 Å². The average Bonchev–Trinajstić information content (AvgIpc) is 2.43. The molecule has 0 fully saturated rings. The molecule has 0 aromatic heterocycles. The number of amides is 2. The highest BCUT2D eigenvalue weighted by Crippen LogP contribution is 2.14. The molecule has 0 radical (unpaired) electrons. The number of rotatable bonds is 8. The van der Waals surface area contributed by atoms with E-state index in [0.29, 0.717) is 30.3 Å². The van der Waals surface area contributed by atoms with Crippen LogP contribution in [0.5, 0.6) is 5.75 Å². The summed E-state index contributed by atoms with van der Waals surface area (Å²) in [7, 11) is 0. The quantitative estimate of drug-likeness (QED) is 0.644. The number of hydrogen-bond acceptors (Lipinski definition) is 3. The number of hydrogen-bond donors (Lipinski definition) is 3. The van der Waals surface area contributed by atoms with Crippen molar-refractivity contribution in [2.75, 3.05) is 19.8 Å². The molecule has 3 N–H and O–H groups in total. The number of ether oxygens (including phenoxy) is 1. The van der Waals surface area contributed by atoms with Gasteiger partial charge in [-0.15, -0.1) is 0 Å². The van der Waals surface area contributed by atoms with Gasteiger partial charge < -0.3 is 20.5 Å². The van der Waals surface area contributed by atoms with E-state index < -0.39 is 0 Å². The number of halogens is 1. The lowest BCUT2D eigenvalue weighted by Crippen LogP contribution is -2.42. The average molecular weight is 301 g/mol. The number of carbonyl (C=O) groups is 1. The third kappa shape index (κ3) is 7.21. The molecule has 0 bridgehead atoms. The molecule has 1 aromatic carbocycles. The molecule has 0 saturated carbocycles. The highest BCUT2D eigenvalue weighted by atomic mass is 35.5. The Labute approximate surface area is 124 Å². The van der Waals surface area contributed by atoms with Gasteiger partial charge in [-0.25, -0.2) is 4.79 Å². The van der Waals surface area contributed by atoms with Gasteiger partial charge in [-0.05, 0) is 44.0 Å². The highest BCUT2D eigenvalue weighted by Gasteiger charge is 2.05. The Morgan fingerprint density at radius 2 is 2.10 bits per heavy atom. The first kappa shape index (κ1) is 16.6. The van der Waals surface area contributed by atoms with Gasteiger partial charge in [-0.2, -0.15) is 0 Å². The summed E-state index contributed by atoms with van der Waals surface area (Å²) in [5, 5.41) is 14.8. The Balaban J connectivity index is 2.11. The van der Waals surface area contributed by atoms with E-state index in [0.717, 1.165) is 6.42 Å². The minimum Gasteiger partial charge on any atom is -0.492 e. The Bertz CT molecular complexity index is 398. The lowest BCUT2D eigenvalue weighted by molar-refractivity contribution is 0.230. The van der Waals surface area contributed by atoms with Crippen LogP contribution in [0, 0.1) is 0 Å². The Kier molecular flexibility index (Phi) is 7.84. The summed E-state index contributed by atoms with van der Waals surface area (Å²) in [6.07, 6.45) is 1.44. The first-order chi connectivity index (χ1) is 9.61. The van der Waals surface area contributed by atoms with E-state index in [2.05, 4.69) is 10.6 Å². The summed E-state index contributed by atoms with van der Waals surface area (Å²) in [4.78, 5) is 11.5. The van der Waals surface area contributed by atoms with Gasteiger partial charge in [-0.1, -0.05) is 11.6 Å². The summed E-state index contributed by atoms with van der Waals surface area (Å²) < 4.78 is 5.45. The van der Waals surface area contributed by atoms with Crippen molar-refractivity contribution in [2.24, 2.45) is 0 Å². The molecule has 2 amide bonds. The lowest BCUT2D eigenvalue weighted by atomic mass is 10.2. The van der Waals surface area contributed by atoms with E-state index in [4.69, 9.17) is 21.4 Å². The van der Waals surface area contributed by atoms with Crippen molar-refractivity contribution in [1.82, 2.24) is 10.6 Å². The molecule has 20 heavy (non-hydrogen) atoms. The molecule has 1 atom stereocenters. The predicted molar refractivity (Wildman–Crippen MR) is 79.3 cm³/mol. The van der Waals surface area contributed by atoms with E-state index in [1.54, 1.807) is 24.3 Å². The molecule has 5 nitrogen and oxygen atoms in total. The smallest absolute Gasteiger partial charge is 0.315 e. The van der Waals surface area contributed by atoms with Crippen LogP contribution in [0.1, 0.15) is 19.8 Å². The maximum atomic E-state index is 11.5. The van der Waals surface area contributed by atoms with Crippen LogP contribution >= 0.6 is 11.6 Å². The zero-order valence-electron chi connectivity index (χ0n) is 11.6. The molecule has 6 heteroatoms. The fourth-order valence-corrected chi connectivity index (χ4v) is 1.73. The molecule has 0 saturated heterocycles.